The van der Waals surface area contributed by atoms with Crippen molar-refractivity contribution < 1.29 is 25.7 Å². The molecule has 0 aromatic heterocycles. The van der Waals surface area contributed by atoms with Gasteiger partial charge in [0.1, 0.15) is 0 Å². The molecule has 4 saturated carbocycles. The van der Waals surface area contributed by atoms with Gasteiger partial charge in [-0.25, -0.2) is 0 Å². The van der Waals surface area contributed by atoms with E-state index in [0.717, 1.165) is 11.8 Å². The van der Waals surface area contributed by atoms with Crippen molar-refractivity contribution >= 4 is 11.9 Å². The van der Waals surface area contributed by atoms with Crippen LogP contribution in [0.3, 0.4) is 0 Å². The van der Waals surface area contributed by atoms with Crippen molar-refractivity contribution in [1.29, 1.82) is 0 Å². The van der Waals surface area contributed by atoms with E-state index in [1.807, 2.05) is 0 Å². The third-order valence-corrected chi connectivity index (χ3v) is 32.7. The Labute approximate surface area is 175 Å². The summed E-state index contributed by atoms with van der Waals surface area (Å²) >= 11 is -2.29. The Morgan fingerprint density at radius 1 is 1.07 bits per heavy atom. The van der Waals surface area contributed by atoms with E-state index in [9.17, 15) is 4.79 Å². The summed E-state index contributed by atoms with van der Waals surface area (Å²) in [6.45, 7) is 16.8. The quantitative estimate of drug-likeness (QED) is 0.461. The number of carbonyl (C=O) groups excluding carboxylic acids is 1. The monoisotopic (exact) mass is 552 g/mol. The van der Waals surface area contributed by atoms with Crippen molar-refractivity contribution in [3.05, 3.63) is 20.0 Å². The van der Waals surface area contributed by atoms with Crippen molar-refractivity contribution in [3.8, 4) is 0 Å². The third-order valence-electron chi connectivity index (χ3n) is 8.59. The molecule has 0 heterocycles. The first-order valence-corrected chi connectivity index (χ1v) is 23.8. The van der Waals surface area contributed by atoms with Crippen LogP contribution in [0.1, 0.15) is 73.1 Å². The number of amides is 1. The molecule has 0 aromatic carbocycles. The van der Waals surface area contributed by atoms with Gasteiger partial charge >= 0.3 is 176 Å². The molecule has 3 unspecified atom stereocenters. The molecule has 149 valence electrons. The number of hydrogen-bond acceptors (Lipinski definition) is 1. The second-order valence-corrected chi connectivity index (χ2v) is 36.4. The van der Waals surface area contributed by atoms with Gasteiger partial charge in [-0.05, 0) is 0 Å². The summed E-state index contributed by atoms with van der Waals surface area (Å²) in [7, 11) is 0. The van der Waals surface area contributed by atoms with Gasteiger partial charge < -0.3 is 0 Å². The topological polar surface area (TPSA) is 29.1 Å². The fourth-order valence-corrected chi connectivity index (χ4v) is 30.1. The van der Waals surface area contributed by atoms with Crippen molar-refractivity contribution in [1.82, 2.24) is 3.30 Å². The van der Waals surface area contributed by atoms with Crippen LogP contribution in [0, 0.1) is 28.6 Å². The van der Waals surface area contributed by atoms with Crippen LogP contribution < -0.4 is 3.30 Å². The van der Waals surface area contributed by atoms with E-state index in [1.54, 1.807) is 14.5 Å². The average Bonchev–Trinajstić information content (AvgIpc) is 2.74. The molecule has 4 heteroatoms. The van der Waals surface area contributed by atoms with E-state index in [4.69, 9.17) is 0 Å². The summed E-state index contributed by atoms with van der Waals surface area (Å²) in [6, 6.07) is 0. The van der Waals surface area contributed by atoms with Crippen molar-refractivity contribution in [2.24, 2.45) is 28.6 Å². The van der Waals surface area contributed by atoms with E-state index in [0.29, 0.717) is 17.2 Å². The minimum atomic E-state index is -2.29. The summed E-state index contributed by atoms with van der Waals surface area (Å²) in [6.07, 6.45) is 7.71. The molecule has 27 heavy (non-hydrogen) atoms. The molecule has 3 atom stereocenters. The number of carbonyl (C=O) groups is 1. The first kappa shape index (κ1) is 20.3. The Kier molecular flexibility index (Phi) is 5.11. The zero-order valence-corrected chi connectivity index (χ0v) is 23.2. The van der Waals surface area contributed by atoms with Crippen LogP contribution in [0.5, 0.6) is 0 Å². The predicted molar refractivity (Wildman–Crippen MR) is 112 cm³/mol. The van der Waals surface area contributed by atoms with Gasteiger partial charge in [0.15, 0.2) is 0 Å². The predicted octanol–water partition coefficient (Wildman–Crippen LogP) is 5.49. The fraction of sp³-hybridized carbons (Fsp3) is 0.783. The van der Waals surface area contributed by atoms with Crippen LogP contribution >= 0.6 is 0 Å². The molecule has 5 rings (SSSR count). The van der Waals surface area contributed by atoms with Crippen LogP contribution in [0.2, 0.25) is 13.1 Å². The van der Waals surface area contributed by atoms with Gasteiger partial charge in [-0.15, -0.1) is 0 Å². The summed E-state index contributed by atoms with van der Waals surface area (Å²) in [5.74, 6) is 1.88. The zero-order valence-electron chi connectivity index (χ0n) is 18.5. The van der Waals surface area contributed by atoms with Gasteiger partial charge in [0.2, 0.25) is 0 Å². The minimum absolute atomic E-state index is 0.00807. The first-order chi connectivity index (χ1) is 12.6. The van der Waals surface area contributed by atoms with Gasteiger partial charge in [0.25, 0.3) is 0 Å². The van der Waals surface area contributed by atoms with Crippen LogP contribution in [-0.4, -0.2) is 11.9 Å². The Balaban J connectivity index is 1.60. The number of hydrogen-bond donors (Lipinski definition) is 1. The van der Waals surface area contributed by atoms with Gasteiger partial charge in [-0.3, -0.25) is 0 Å². The normalized spacial score (nSPS) is 40.4. The molecule has 5 aliphatic carbocycles. The first-order valence-electron chi connectivity index (χ1n) is 11.1. The third kappa shape index (κ3) is 3.25. The van der Waals surface area contributed by atoms with Crippen LogP contribution in [0.15, 0.2) is 20.0 Å². The van der Waals surface area contributed by atoms with Gasteiger partial charge in [-0.2, -0.15) is 0 Å². The van der Waals surface area contributed by atoms with Crippen molar-refractivity contribution in [2.45, 2.75) is 86.2 Å². The SMILES string of the molecule is CC1=C(C)C(C)[C]([Hf]([NH]C(=O)C23CC4CC(CC(C)(C4)C2)C3)[SiH](C)C)=C1C. The van der Waals surface area contributed by atoms with E-state index < -0.39 is 26.9 Å². The Hall–Kier alpha value is 0.0370. The molecule has 2 nitrogen and oxygen atoms in total. The van der Waals surface area contributed by atoms with Crippen LogP contribution in [0.25, 0.3) is 0 Å². The van der Waals surface area contributed by atoms with Crippen LogP contribution in [-0.2, 0) is 25.7 Å². The van der Waals surface area contributed by atoms with Crippen molar-refractivity contribution in [3.63, 3.8) is 0 Å². The zero-order chi connectivity index (χ0) is 19.7. The Morgan fingerprint density at radius 2 is 1.67 bits per heavy atom. The molecule has 5 aliphatic rings. The van der Waals surface area contributed by atoms with E-state index >= 15 is 0 Å². The van der Waals surface area contributed by atoms with E-state index in [1.165, 1.54) is 44.1 Å². The molecule has 1 amide bonds. The van der Waals surface area contributed by atoms with E-state index in [2.05, 4.69) is 51.0 Å². The molecule has 4 fully saturated rings. The standard InChI is InChI=1S/C12H19NO.C9H13.C2H7Si.Hf/c1-11-3-8-2-9(4-11)6-12(5-8,7-11)10(13)14;1-6-5-7(2)9(4)8(6)3;1-3-2;/h8-9H,2-7H2,1H3,(H2,13,14);6H,1-4H3;3H,1-2H3;/q;;;+1/p-1. The summed E-state index contributed by atoms with van der Waals surface area (Å²) in [5, 5.41) is 0. The number of allylic oxidation sites excluding steroid dienone is 4. The molecular weight excluding hydrogens is 513 g/mol. The second kappa shape index (κ2) is 6.79. The molecule has 4 bridgehead atoms. The maximum atomic E-state index is 13.8. The Bertz CT molecular complexity index is 723. The van der Waals surface area contributed by atoms with Gasteiger partial charge in [0.05, 0.1) is 0 Å². The van der Waals surface area contributed by atoms with Gasteiger partial charge in [0, 0.05) is 0 Å². The summed E-state index contributed by atoms with van der Waals surface area (Å²) in [5.41, 5.74) is 5.04. The summed E-state index contributed by atoms with van der Waals surface area (Å²) in [4.78, 5) is 13.8. The van der Waals surface area contributed by atoms with Gasteiger partial charge in [-0.1, -0.05) is 0 Å². The second-order valence-electron chi connectivity index (χ2n) is 11.1. The molecular formula is C23H38HfNOSi. The molecule has 0 aromatic rings. The molecule has 0 radical (unpaired) electrons. The molecule has 0 saturated heterocycles. The molecule has 0 spiro atoms. The molecule has 1 N–H and O–H groups in total. The maximum absolute atomic E-state index is 13.8. The van der Waals surface area contributed by atoms with Crippen molar-refractivity contribution in [2.75, 3.05) is 0 Å². The average molecular weight is 551 g/mol. The number of rotatable bonds is 4. The van der Waals surface area contributed by atoms with E-state index in [-0.39, 0.29) is 5.41 Å². The Morgan fingerprint density at radius 3 is 2.11 bits per heavy atom. The summed E-state index contributed by atoms with van der Waals surface area (Å²) < 4.78 is 5.62. The fourth-order valence-electron chi connectivity index (χ4n) is 7.56. The molecule has 0 aliphatic heterocycles. The number of nitrogens with one attached hydrogen (secondary N) is 1. The van der Waals surface area contributed by atoms with Crippen LogP contribution in [0.4, 0.5) is 0 Å².